The number of piperazine rings is 1. The number of ketones is 2. The van der Waals surface area contributed by atoms with E-state index >= 15 is 0 Å². The molecule has 1 unspecified atom stereocenters. The summed E-state index contributed by atoms with van der Waals surface area (Å²) in [5.74, 6) is 0.385. The molecule has 4 atom stereocenters. The Balaban J connectivity index is 0.742. The number of aryl methyl sites for hydroxylation is 1. The number of hydrogen-bond donors (Lipinski definition) is 1. The fourth-order valence-electron chi connectivity index (χ4n) is 10.0. The third kappa shape index (κ3) is 7.65. The van der Waals surface area contributed by atoms with Gasteiger partial charge in [-0.2, -0.15) is 0 Å². The van der Waals surface area contributed by atoms with E-state index in [-0.39, 0.29) is 54.2 Å². The van der Waals surface area contributed by atoms with Crippen LogP contribution >= 0.6 is 0 Å². The van der Waals surface area contributed by atoms with E-state index in [0.29, 0.717) is 23.7 Å². The molecule has 0 radical (unpaired) electrons. The summed E-state index contributed by atoms with van der Waals surface area (Å²) in [6.45, 7) is 8.07. The second-order valence-electron chi connectivity index (χ2n) is 16.7. The lowest BCUT2D eigenvalue weighted by atomic mass is 9.69. The van der Waals surface area contributed by atoms with Gasteiger partial charge in [0.2, 0.25) is 0 Å². The van der Waals surface area contributed by atoms with Crippen molar-refractivity contribution in [2.75, 3.05) is 63.9 Å². The van der Waals surface area contributed by atoms with Gasteiger partial charge in [-0.05, 0) is 121 Å². The zero-order valence-electron chi connectivity index (χ0n) is 32.7. The highest BCUT2D eigenvalue weighted by Gasteiger charge is 2.44. The summed E-state index contributed by atoms with van der Waals surface area (Å²) in [5.41, 5.74) is 6.23. The van der Waals surface area contributed by atoms with Crippen molar-refractivity contribution >= 4 is 29.1 Å². The van der Waals surface area contributed by atoms with Crippen LogP contribution in [0, 0.1) is 11.7 Å². The van der Waals surface area contributed by atoms with Crippen LogP contribution in [-0.2, 0) is 16.0 Å². The Kier molecular flexibility index (Phi) is 10.6. The monoisotopic (exact) mass is 784 g/mol. The van der Waals surface area contributed by atoms with Gasteiger partial charge in [0.1, 0.15) is 29.7 Å². The average molecular weight is 785 g/mol. The van der Waals surface area contributed by atoms with Crippen molar-refractivity contribution in [2.24, 2.45) is 5.92 Å². The van der Waals surface area contributed by atoms with Crippen LogP contribution in [0.1, 0.15) is 86.9 Å². The molecule has 3 fully saturated rings. The molecule has 3 aliphatic heterocycles. The Labute approximate surface area is 338 Å². The number of anilines is 1. The van der Waals surface area contributed by atoms with Crippen LogP contribution in [0.4, 0.5) is 10.1 Å². The van der Waals surface area contributed by atoms with Gasteiger partial charge in [0.25, 0.3) is 11.8 Å². The Hall–Kier alpha value is -5.39. The van der Waals surface area contributed by atoms with Crippen molar-refractivity contribution in [3.05, 3.63) is 124 Å². The molecule has 2 aliphatic carbocycles. The number of benzene rings is 4. The van der Waals surface area contributed by atoms with E-state index < -0.39 is 17.9 Å². The number of phenols is 1. The SMILES string of the molecule is O=C1CCC(N2C(=O)c3ccc(N4CCN(C[C@@H]5CCN(CCOc6ccc([C@H]7c8ccc(O)cc8CC[C@H]7c7ccc(F)cc7)cc6)C5)CC4)cc3C2=O)C(=O)C1. The highest BCUT2D eigenvalue weighted by atomic mass is 19.1. The Morgan fingerprint density at radius 1 is 0.724 bits per heavy atom. The molecule has 0 aromatic heterocycles. The van der Waals surface area contributed by atoms with Crippen molar-refractivity contribution in [1.82, 2.24) is 14.7 Å². The predicted octanol–water partition coefficient (Wildman–Crippen LogP) is 6.20. The number of carbonyl (C=O) groups excluding carboxylic acids is 4. The standard InChI is InChI=1S/C47H49FN4O6/c48-34-6-1-31(2-7-34)39-13-5-33-25-36(53)9-15-40(33)45(39)32-3-11-38(12-4-32)58-24-23-49-18-17-30(28-49)29-50-19-21-51(22-20-50)35-8-14-41-42(26-35)47(57)52(46(41)56)43-16-10-37(54)27-44(43)55/h1-4,6-9,11-12,14-15,25-26,30,39,43,45,53H,5,10,13,16-24,27-29H2/t30-,39+,43?,45-/m1/s1. The minimum absolute atomic E-state index is 0.0897. The summed E-state index contributed by atoms with van der Waals surface area (Å²) in [6, 6.07) is 25.5. The first kappa shape index (κ1) is 38.1. The molecule has 9 rings (SSSR count). The molecular weight excluding hydrogens is 736 g/mol. The normalized spacial score (nSPS) is 24.0. The maximum atomic E-state index is 13.8. The summed E-state index contributed by atoms with van der Waals surface area (Å²) in [6.07, 6.45) is 3.12. The minimum Gasteiger partial charge on any atom is -0.508 e. The molecular formula is C47H49FN4O6. The van der Waals surface area contributed by atoms with Gasteiger partial charge in [-0.1, -0.05) is 30.3 Å². The number of carbonyl (C=O) groups is 4. The highest BCUT2D eigenvalue weighted by Crippen LogP contribution is 2.47. The molecule has 11 heteroatoms. The fourth-order valence-corrected chi connectivity index (χ4v) is 10.0. The van der Waals surface area contributed by atoms with Crippen molar-refractivity contribution in [3.63, 3.8) is 0 Å². The van der Waals surface area contributed by atoms with Crippen LogP contribution < -0.4 is 9.64 Å². The molecule has 4 aromatic rings. The molecule has 4 aromatic carbocycles. The van der Waals surface area contributed by atoms with Crippen molar-refractivity contribution in [1.29, 1.82) is 0 Å². The second kappa shape index (κ2) is 16.1. The zero-order valence-corrected chi connectivity index (χ0v) is 32.7. The Morgan fingerprint density at radius 3 is 2.26 bits per heavy atom. The van der Waals surface area contributed by atoms with Gasteiger partial charge in [0.15, 0.2) is 5.78 Å². The molecule has 300 valence electrons. The smallest absolute Gasteiger partial charge is 0.262 e. The number of likely N-dealkylation sites (tertiary alicyclic amines) is 1. The average Bonchev–Trinajstić information content (AvgIpc) is 3.78. The van der Waals surface area contributed by atoms with Gasteiger partial charge in [0.05, 0.1) is 23.6 Å². The number of Topliss-reactive ketones (excluding diaryl/α,β-unsaturated/α-hetero) is 2. The lowest BCUT2D eigenvalue weighted by Gasteiger charge is -2.37. The first-order chi connectivity index (χ1) is 28.2. The fraction of sp³-hybridized carbons (Fsp3) is 0.404. The summed E-state index contributed by atoms with van der Waals surface area (Å²) in [4.78, 5) is 59.1. The zero-order chi connectivity index (χ0) is 39.9. The molecule has 58 heavy (non-hydrogen) atoms. The maximum Gasteiger partial charge on any atom is 0.262 e. The topological polar surface area (TPSA) is 111 Å². The van der Waals surface area contributed by atoms with Gasteiger partial charge in [-0.25, -0.2) is 4.39 Å². The molecule has 0 spiro atoms. The first-order valence-electron chi connectivity index (χ1n) is 20.7. The van der Waals surface area contributed by atoms with E-state index in [4.69, 9.17) is 4.74 Å². The molecule has 2 saturated heterocycles. The molecule has 5 aliphatic rings. The quantitative estimate of drug-likeness (QED) is 0.149. The summed E-state index contributed by atoms with van der Waals surface area (Å²) >= 11 is 0. The van der Waals surface area contributed by atoms with Gasteiger partial charge in [-0.15, -0.1) is 0 Å². The van der Waals surface area contributed by atoms with Gasteiger partial charge < -0.3 is 14.7 Å². The van der Waals surface area contributed by atoms with E-state index in [0.717, 1.165) is 99.1 Å². The van der Waals surface area contributed by atoms with E-state index in [9.17, 15) is 28.7 Å². The highest BCUT2D eigenvalue weighted by molar-refractivity contribution is 6.24. The molecule has 10 nitrogen and oxygen atoms in total. The number of hydrogen-bond acceptors (Lipinski definition) is 9. The number of halogens is 1. The number of imide groups is 1. The van der Waals surface area contributed by atoms with Crippen LogP contribution in [0.3, 0.4) is 0 Å². The number of fused-ring (bicyclic) bond motifs is 2. The van der Waals surface area contributed by atoms with Crippen LogP contribution in [0.15, 0.2) is 84.9 Å². The predicted molar refractivity (Wildman–Crippen MR) is 217 cm³/mol. The Bertz CT molecular complexity index is 2220. The van der Waals surface area contributed by atoms with E-state index in [1.54, 1.807) is 18.2 Å². The maximum absolute atomic E-state index is 13.8. The number of ether oxygens (including phenoxy) is 1. The number of nitrogens with zero attached hydrogens (tertiary/aromatic N) is 4. The van der Waals surface area contributed by atoms with Gasteiger partial charge in [-0.3, -0.25) is 33.9 Å². The molecule has 2 amide bonds. The Morgan fingerprint density at radius 2 is 1.48 bits per heavy atom. The van der Waals surface area contributed by atoms with Crippen LogP contribution in [0.25, 0.3) is 0 Å². The van der Waals surface area contributed by atoms with Crippen molar-refractivity contribution in [3.8, 4) is 11.5 Å². The summed E-state index contributed by atoms with van der Waals surface area (Å²) < 4.78 is 20.0. The summed E-state index contributed by atoms with van der Waals surface area (Å²) in [5, 5.41) is 10.2. The number of amides is 2. The second-order valence-corrected chi connectivity index (χ2v) is 16.7. The van der Waals surface area contributed by atoms with Crippen molar-refractivity contribution in [2.45, 2.75) is 56.4 Å². The molecule has 1 saturated carbocycles. The number of rotatable bonds is 10. The van der Waals surface area contributed by atoms with Crippen LogP contribution in [-0.4, -0.2) is 108 Å². The molecule has 3 heterocycles. The first-order valence-corrected chi connectivity index (χ1v) is 20.7. The van der Waals surface area contributed by atoms with Crippen molar-refractivity contribution < 1.29 is 33.4 Å². The lowest BCUT2D eigenvalue weighted by Crippen LogP contribution is -2.48. The third-order valence-corrected chi connectivity index (χ3v) is 13.1. The van der Waals surface area contributed by atoms with E-state index in [1.807, 2.05) is 30.3 Å². The minimum atomic E-state index is -0.858. The lowest BCUT2D eigenvalue weighted by molar-refractivity contribution is -0.132. The van der Waals surface area contributed by atoms with E-state index in [1.165, 1.54) is 23.3 Å². The largest absolute Gasteiger partial charge is 0.508 e. The molecule has 1 N–H and O–H groups in total. The molecule has 0 bridgehead atoms. The third-order valence-electron chi connectivity index (χ3n) is 13.1. The van der Waals surface area contributed by atoms with Gasteiger partial charge >= 0.3 is 0 Å². The van der Waals surface area contributed by atoms with Gasteiger partial charge in [0, 0.05) is 63.8 Å². The van der Waals surface area contributed by atoms with Crippen LogP contribution in [0.2, 0.25) is 0 Å². The summed E-state index contributed by atoms with van der Waals surface area (Å²) in [7, 11) is 0. The van der Waals surface area contributed by atoms with Crippen LogP contribution in [0.5, 0.6) is 11.5 Å². The van der Waals surface area contributed by atoms with E-state index in [2.05, 4.69) is 39.0 Å². The number of phenolic OH excluding ortho intramolecular Hbond substituents is 1. The number of aromatic hydroxyl groups is 1.